The van der Waals surface area contributed by atoms with E-state index in [1.165, 1.54) is 12.1 Å². The van der Waals surface area contributed by atoms with E-state index in [4.69, 9.17) is 15.7 Å². The molecule has 0 saturated carbocycles. The average molecular weight is 276 g/mol. The van der Waals surface area contributed by atoms with Crippen LogP contribution in [0, 0.1) is 5.82 Å². The van der Waals surface area contributed by atoms with Gasteiger partial charge in [0.1, 0.15) is 6.61 Å². The molecule has 1 aromatic carbocycles. The van der Waals surface area contributed by atoms with Gasteiger partial charge in [-0.25, -0.2) is 12.8 Å². The summed E-state index contributed by atoms with van der Waals surface area (Å²) in [5.74, 6) is -1.23. The molecule has 8 heteroatoms. The Morgan fingerprint density at radius 2 is 2.22 bits per heavy atom. The molecule has 0 saturated heterocycles. The van der Waals surface area contributed by atoms with Crippen molar-refractivity contribution in [3.63, 3.8) is 0 Å². The van der Waals surface area contributed by atoms with Gasteiger partial charge in [0.2, 0.25) is 0 Å². The topological polar surface area (TPSA) is 102 Å². The molecule has 100 valence electrons. The maximum absolute atomic E-state index is 13.5. The molecule has 18 heavy (non-hydrogen) atoms. The number of oxime groups is 1. The van der Waals surface area contributed by atoms with Crippen molar-refractivity contribution in [3.8, 4) is 5.75 Å². The number of rotatable bonds is 5. The summed E-state index contributed by atoms with van der Waals surface area (Å²) in [5, 5.41) is 11.2. The molecule has 3 N–H and O–H groups in total. The molecule has 0 unspecified atom stereocenters. The molecule has 0 aromatic heterocycles. The molecule has 1 aromatic rings. The van der Waals surface area contributed by atoms with Gasteiger partial charge in [-0.15, -0.1) is 0 Å². The number of amidine groups is 1. The maximum Gasteiger partial charge on any atom is 0.170 e. The zero-order chi connectivity index (χ0) is 13.8. The van der Waals surface area contributed by atoms with Crippen molar-refractivity contribution in [2.45, 2.75) is 0 Å². The van der Waals surface area contributed by atoms with Crippen molar-refractivity contribution < 1.29 is 22.8 Å². The average Bonchev–Trinajstić information content (AvgIpc) is 2.28. The second-order valence-corrected chi connectivity index (χ2v) is 5.87. The molecule has 6 nitrogen and oxygen atoms in total. The van der Waals surface area contributed by atoms with Crippen LogP contribution in [-0.2, 0) is 9.84 Å². The highest BCUT2D eigenvalue weighted by Crippen LogP contribution is 2.18. The summed E-state index contributed by atoms with van der Waals surface area (Å²) in [6.07, 6.45) is 1.06. The van der Waals surface area contributed by atoms with Crippen molar-refractivity contribution in [1.29, 1.82) is 0 Å². The summed E-state index contributed by atoms with van der Waals surface area (Å²) in [6, 6.07) is 3.71. The quantitative estimate of drug-likeness (QED) is 0.349. The minimum Gasteiger partial charge on any atom is -0.489 e. The van der Waals surface area contributed by atoms with E-state index in [1.54, 1.807) is 0 Å². The van der Waals surface area contributed by atoms with Gasteiger partial charge in [-0.05, 0) is 18.2 Å². The van der Waals surface area contributed by atoms with Gasteiger partial charge in [-0.1, -0.05) is 5.16 Å². The predicted molar refractivity (Wildman–Crippen MR) is 64.1 cm³/mol. The van der Waals surface area contributed by atoms with Crippen LogP contribution in [0.4, 0.5) is 4.39 Å². The standard InChI is InChI=1S/C10H13FN2O4S/c1-18(15,16)5-4-17-9-3-2-7(6-8(9)11)10(12)13-14/h2-3,6,14H,4-5H2,1H3,(H2,12,13). The molecule has 0 fully saturated rings. The molecular formula is C10H13FN2O4S. The van der Waals surface area contributed by atoms with E-state index < -0.39 is 15.7 Å². The third-order valence-corrected chi connectivity index (χ3v) is 2.96. The highest BCUT2D eigenvalue weighted by molar-refractivity contribution is 7.90. The Morgan fingerprint density at radius 1 is 1.56 bits per heavy atom. The smallest absolute Gasteiger partial charge is 0.170 e. The van der Waals surface area contributed by atoms with Crippen molar-refractivity contribution in [2.24, 2.45) is 10.9 Å². The zero-order valence-corrected chi connectivity index (χ0v) is 10.4. The third-order valence-electron chi connectivity index (χ3n) is 2.05. The maximum atomic E-state index is 13.5. The first kappa shape index (κ1) is 14.2. The SMILES string of the molecule is CS(=O)(=O)CCOc1ccc(/C(N)=N/O)cc1F. The van der Waals surface area contributed by atoms with E-state index in [1.807, 2.05) is 0 Å². The minimum atomic E-state index is -3.15. The zero-order valence-electron chi connectivity index (χ0n) is 9.63. The Morgan fingerprint density at radius 3 is 2.72 bits per heavy atom. The number of hydrogen-bond donors (Lipinski definition) is 2. The largest absolute Gasteiger partial charge is 0.489 e. The van der Waals surface area contributed by atoms with E-state index in [-0.39, 0.29) is 29.5 Å². The monoisotopic (exact) mass is 276 g/mol. The van der Waals surface area contributed by atoms with Crippen LogP contribution in [0.5, 0.6) is 5.75 Å². The summed E-state index contributed by atoms with van der Waals surface area (Å²) in [4.78, 5) is 0. The number of benzene rings is 1. The lowest BCUT2D eigenvalue weighted by Crippen LogP contribution is -2.14. The third kappa shape index (κ3) is 4.21. The number of hydrogen-bond acceptors (Lipinski definition) is 5. The highest BCUT2D eigenvalue weighted by Gasteiger charge is 2.09. The van der Waals surface area contributed by atoms with E-state index in [0.717, 1.165) is 12.3 Å². The van der Waals surface area contributed by atoms with Crippen LogP contribution in [0.15, 0.2) is 23.4 Å². The van der Waals surface area contributed by atoms with E-state index in [2.05, 4.69) is 5.16 Å². The van der Waals surface area contributed by atoms with Crippen LogP contribution >= 0.6 is 0 Å². The molecule has 0 amide bonds. The fraction of sp³-hybridized carbons (Fsp3) is 0.300. The van der Waals surface area contributed by atoms with Gasteiger partial charge in [0, 0.05) is 11.8 Å². The Hall–Kier alpha value is -1.83. The lowest BCUT2D eigenvalue weighted by Gasteiger charge is -2.07. The van der Waals surface area contributed by atoms with Crippen LogP contribution < -0.4 is 10.5 Å². The highest BCUT2D eigenvalue weighted by atomic mass is 32.2. The molecule has 0 aliphatic heterocycles. The molecule has 0 atom stereocenters. The number of nitrogens with two attached hydrogens (primary N) is 1. The fourth-order valence-electron chi connectivity index (χ4n) is 1.14. The lowest BCUT2D eigenvalue weighted by atomic mass is 10.2. The van der Waals surface area contributed by atoms with E-state index in [9.17, 15) is 12.8 Å². The number of halogens is 1. The van der Waals surface area contributed by atoms with Gasteiger partial charge >= 0.3 is 0 Å². The lowest BCUT2D eigenvalue weighted by molar-refractivity contribution is 0.318. The molecule has 0 radical (unpaired) electrons. The van der Waals surface area contributed by atoms with Crippen molar-refractivity contribution in [2.75, 3.05) is 18.6 Å². The summed E-state index contributed by atoms with van der Waals surface area (Å²) in [5.41, 5.74) is 5.48. The van der Waals surface area contributed by atoms with Crippen molar-refractivity contribution >= 4 is 15.7 Å². The second kappa shape index (κ2) is 5.67. The molecule has 0 spiro atoms. The molecule has 0 bridgehead atoms. The summed E-state index contributed by atoms with van der Waals surface area (Å²) < 4.78 is 40.2. The normalized spacial score (nSPS) is 12.4. The van der Waals surface area contributed by atoms with Gasteiger partial charge in [0.05, 0.1) is 5.75 Å². The second-order valence-electron chi connectivity index (χ2n) is 3.61. The molecule has 1 rings (SSSR count). The summed E-state index contributed by atoms with van der Waals surface area (Å²) in [7, 11) is -3.15. The Labute approximate surface area is 104 Å². The van der Waals surface area contributed by atoms with E-state index in [0.29, 0.717) is 0 Å². The van der Waals surface area contributed by atoms with Crippen molar-refractivity contribution in [1.82, 2.24) is 0 Å². The van der Waals surface area contributed by atoms with Crippen LogP contribution in [0.1, 0.15) is 5.56 Å². The van der Waals surface area contributed by atoms with Crippen LogP contribution in [0.2, 0.25) is 0 Å². The molecule has 0 aliphatic carbocycles. The number of ether oxygens (including phenoxy) is 1. The van der Waals surface area contributed by atoms with Gasteiger partial charge in [-0.2, -0.15) is 0 Å². The van der Waals surface area contributed by atoms with Crippen LogP contribution in [0.3, 0.4) is 0 Å². The van der Waals surface area contributed by atoms with Gasteiger partial charge in [0.15, 0.2) is 27.2 Å². The first-order valence-corrected chi connectivity index (χ1v) is 6.97. The molecular weight excluding hydrogens is 263 g/mol. The van der Waals surface area contributed by atoms with Gasteiger partial charge in [-0.3, -0.25) is 0 Å². The van der Waals surface area contributed by atoms with Crippen molar-refractivity contribution in [3.05, 3.63) is 29.6 Å². The minimum absolute atomic E-state index is 0.0897. The summed E-state index contributed by atoms with van der Waals surface area (Å²) in [6.45, 7) is -0.140. The van der Waals surface area contributed by atoms with Gasteiger partial charge in [0.25, 0.3) is 0 Å². The summed E-state index contributed by atoms with van der Waals surface area (Å²) >= 11 is 0. The van der Waals surface area contributed by atoms with E-state index >= 15 is 0 Å². The first-order valence-electron chi connectivity index (χ1n) is 4.91. The molecule has 0 heterocycles. The predicted octanol–water partition coefficient (Wildman–Crippen LogP) is 0.344. The fourth-order valence-corrected chi connectivity index (χ4v) is 1.52. The van der Waals surface area contributed by atoms with Gasteiger partial charge < -0.3 is 15.7 Å². The number of sulfone groups is 1. The van der Waals surface area contributed by atoms with Crippen LogP contribution in [0.25, 0.3) is 0 Å². The first-order chi connectivity index (χ1) is 8.33. The Bertz CT molecular complexity index is 557. The van der Waals surface area contributed by atoms with Crippen LogP contribution in [-0.4, -0.2) is 38.1 Å². The Balaban J connectivity index is 2.75. The number of nitrogens with zero attached hydrogens (tertiary/aromatic N) is 1. The molecule has 0 aliphatic rings. The Kier molecular flexibility index (Phi) is 4.49.